The van der Waals surface area contributed by atoms with Crippen LogP contribution in [0.2, 0.25) is 0 Å². The molecular weight excluding hydrogens is 348 g/mol. The second kappa shape index (κ2) is 6.75. The molecule has 0 unspecified atom stereocenters. The fraction of sp³-hybridized carbons (Fsp3) is 0.526. The van der Waals surface area contributed by atoms with Crippen molar-refractivity contribution in [3.8, 4) is 0 Å². The largest absolute Gasteiger partial charge is 0.352 e. The van der Waals surface area contributed by atoms with Crippen LogP contribution in [-0.2, 0) is 11.3 Å². The van der Waals surface area contributed by atoms with Gasteiger partial charge in [0.15, 0.2) is 0 Å². The van der Waals surface area contributed by atoms with Crippen molar-refractivity contribution in [3.63, 3.8) is 0 Å². The number of carbonyl (C=O) groups excluding carboxylic acids is 1. The molecule has 4 atom stereocenters. The SMILES string of the molecule is C[C@H](NC(=O)Cn1cnc2ccc([N+](=O)[O-])cc2c1=O)[C@@H]1C[C@@H]2CC[C@@H]1C2. The standard InChI is InChI=1S/C19H22N4O4/c1-11(15-7-12-2-3-13(15)6-12)21-18(24)9-22-10-20-17-5-4-14(23(26)27)8-16(17)19(22)25/h4-5,8,10-13,15H,2-3,6-7,9H2,1H3,(H,21,24)/t11-,12+,13+,15-/m0/s1. The minimum atomic E-state index is -0.556. The maximum Gasteiger partial charge on any atom is 0.270 e. The molecule has 0 spiro atoms. The Labute approximate surface area is 155 Å². The van der Waals surface area contributed by atoms with Crippen molar-refractivity contribution in [2.75, 3.05) is 0 Å². The van der Waals surface area contributed by atoms with Crippen LogP contribution in [0.5, 0.6) is 0 Å². The lowest BCUT2D eigenvalue weighted by molar-refractivity contribution is -0.384. The van der Waals surface area contributed by atoms with Crippen molar-refractivity contribution in [1.29, 1.82) is 0 Å². The van der Waals surface area contributed by atoms with Crippen molar-refractivity contribution in [2.45, 2.75) is 45.2 Å². The molecule has 2 aliphatic rings. The Hall–Kier alpha value is -2.77. The molecule has 1 aromatic carbocycles. The van der Waals surface area contributed by atoms with E-state index in [2.05, 4.69) is 10.3 Å². The summed E-state index contributed by atoms with van der Waals surface area (Å²) in [5, 5.41) is 14.1. The van der Waals surface area contributed by atoms with Gasteiger partial charge in [-0.2, -0.15) is 0 Å². The van der Waals surface area contributed by atoms with Gasteiger partial charge >= 0.3 is 0 Å². The van der Waals surface area contributed by atoms with Gasteiger partial charge in [-0.1, -0.05) is 6.42 Å². The number of carbonyl (C=O) groups is 1. The van der Waals surface area contributed by atoms with Gasteiger partial charge in [0.25, 0.3) is 11.2 Å². The third-order valence-corrected chi connectivity index (χ3v) is 6.16. The molecular formula is C19H22N4O4. The monoisotopic (exact) mass is 370 g/mol. The van der Waals surface area contributed by atoms with Gasteiger partial charge < -0.3 is 5.32 Å². The van der Waals surface area contributed by atoms with E-state index in [1.54, 1.807) is 0 Å². The third-order valence-electron chi connectivity index (χ3n) is 6.16. The molecule has 8 heteroatoms. The summed E-state index contributed by atoms with van der Waals surface area (Å²) < 4.78 is 1.20. The van der Waals surface area contributed by atoms with Gasteiger partial charge in [0.2, 0.25) is 5.91 Å². The quantitative estimate of drug-likeness (QED) is 0.642. The summed E-state index contributed by atoms with van der Waals surface area (Å²) in [6.45, 7) is 1.89. The number of non-ortho nitro benzene ring substituents is 1. The molecule has 27 heavy (non-hydrogen) atoms. The Bertz CT molecular complexity index is 970. The van der Waals surface area contributed by atoms with E-state index in [4.69, 9.17) is 0 Å². The van der Waals surface area contributed by atoms with Gasteiger partial charge in [0.05, 0.1) is 22.2 Å². The minimum Gasteiger partial charge on any atom is -0.352 e. The van der Waals surface area contributed by atoms with E-state index in [0.29, 0.717) is 17.4 Å². The Morgan fingerprint density at radius 1 is 1.41 bits per heavy atom. The van der Waals surface area contributed by atoms with E-state index in [1.165, 1.54) is 54.8 Å². The number of hydrogen-bond acceptors (Lipinski definition) is 5. The highest BCUT2D eigenvalue weighted by Gasteiger charge is 2.42. The average molecular weight is 370 g/mol. The molecule has 0 aliphatic heterocycles. The molecule has 0 radical (unpaired) electrons. The molecule has 1 aromatic heterocycles. The highest BCUT2D eigenvalue weighted by atomic mass is 16.6. The molecule has 1 amide bonds. The van der Waals surface area contributed by atoms with Crippen LogP contribution in [0.4, 0.5) is 5.69 Å². The number of nitrogens with one attached hydrogen (secondary N) is 1. The van der Waals surface area contributed by atoms with E-state index >= 15 is 0 Å². The zero-order chi connectivity index (χ0) is 19.1. The normalized spacial score (nSPS) is 24.9. The van der Waals surface area contributed by atoms with E-state index < -0.39 is 10.5 Å². The van der Waals surface area contributed by atoms with Gasteiger partial charge in [-0.25, -0.2) is 4.98 Å². The van der Waals surface area contributed by atoms with Crippen molar-refractivity contribution >= 4 is 22.5 Å². The molecule has 142 valence electrons. The van der Waals surface area contributed by atoms with Crippen LogP contribution in [0, 0.1) is 27.9 Å². The summed E-state index contributed by atoms with van der Waals surface area (Å²) in [6.07, 6.45) is 6.33. The topological polar surface area (TPSA) is 107 Å². The first-order valence-corrected chi connectivity index (χ1v) is 9.35. The van der Waals surface area contributed by atoms with E-state index in [-0.39, 0.29) is 29.6 Å². The highest BCUT2D eigenvalue weighted by molar-refractivity contribution is 5.81. The molecule has 2 aliphatic carbocycles. The second-order valence-corrected chi connectivity index (χ2v) is 7.83. The third kappa shape index (κ3) is 3.31. The maximum atomic E-state index is 12.6. The Kier molecular flexibility index (Phi) is 4.41. The van der Waals surface area contributed by atoms with Gasteiger partial charge in [-0.05, 0) is 50.0 Å². The number of nitro benzene ring substituents is 1. The number of hydrogen-bond donors (Lipinski definition) is 1. The van der Waals surface area contributed by atoms with Crippen molar-refractivity contribution < 1.29 is 9.72 Å². The number of nitrogens with zero attached hydrogens (tertiary/aromatic N) is 3. The van der Waals surface area contributed by atoms with Crippen LogP contribution in [0.3, 0.4) is 0 Å². The van der Waals surface area contributed by atoms with Gasteiger partial charge in [-0.15, -0.1) is 0 Å². The number of nitro groups is 1. The summed E-state index contributed by atoms with van der Waals surface area (Å²) in [4.78, 5) is 39.6. The Balaban J connectivity index is 1.49. The van der Waals surface area contributed by atoms with Crippen LogP contribution in [0.15, 0.2) is 29.3 Å². The van der Waals surface area contributed by atoms with Crippen LogP contribution >= 0.6 is 0 Å². The first-order valence-electron chi connectivity index (χ1n) is 9.35. The highest BCUT2D eigenvalue weighted by Crippen LogP contribution is 2.49. The molecule has 0 saturated heterocycles. The minimum absolute atomic E-state index is 0.0815. The summed E-state index contributed by atoms with van der Waals surface area (Å²) in [6, 6.07) is 4.04. The number of amides is 1. The number of fused-ring (bicyclic) bond motifs is 3. The molecule has 1 heterocycles. The lowest BCUT2D eigenvalue weighted by Gasteiger charge is -2.28. The van der Waals surface area contributed by atoms with Gasteiger partial charge in [-0.3, -0.25) is 24.3 Å². The fourth-order valence-corrected chi connectivity index (χ4v) is 4.84. The summed E-state index contributed by atoms with van der Waals surface area (Å²) in [5.41, 5.74) is -0.252. The molecule has 2 bridgehead atoms. The number of rotatable bonds is 5. The molecule has 8 nitrogen and oxygen atoms in total. The predicted molar refractivity (Wildman–Crippen MR) is 99.2 cm³/mol. The van der Waals surface area contributed by atoms with Crippen LogP contribution in [0.25, 0.3) is 10.9 Å². The zero-order valence-corrected chi connectivity index (χ0v) is 15.1. The summed E-state index contributed by atoms with van der Waals surface area (Å²) in [5.74, 6) is 1.79. The summed E-state index contributed by atoms with van der Waals surface area (Å²) in [7, 11) is 0. The molecule has 2 aromatic rings. The molecule has 4 rings (SSSR count). The predicted octanol–water partition coefficient (Wildman–Crippen LogP) is 2.25. The fourth-order valence-electron chi connectivity index (χ4n) is 4.84. The first kappa shape index (κ1) is 17.6. The van der Waals surface area contributed by atoms with E-state index in [9.17, 15) is 19.7 Å². The van der Waals surface area contributed by atoms with Crippen molar-refractivity contribution in [1.82, 2.24) is 14.9 Å². The van der Waals surface area contributed by atoms with E-state index in [0.717, 1.165) is 5.92 Å². The average Bonchev–Trinajstić information content (AvgIpc) is 3.27. The number of benzene rings is 1. The Morgan fingerprint density at radius 3 is 2.89 bits per heavy atom. The lowest BCUT2D eigenvalue weighted by atomic mass is 9.84. The lowest BCUT2D eigenvalue weighted by Crippen LogP contribution is -2.42. The molecule has 2 saturated carbocycles. The Morgan fingerprint density at radius 2 is 2.22 bits per heavy atom. The maximum absolute atomic E-state index is 12.6. The first-order chi connectivity index (χ1) is 12.9. The second-order valence-electron chi connectivity index (χ2n) is 7.83. The van der Waals surface area contributed by atoms with Crippen molar-refractivity contribution in [3.05, 3.63) is 45.0 Å². The molecule has 2 fully saturated rings. The van der Waals surface area contributed by atoms with Crippen LogP contribution in [0.1, 0.15) is 32.6 Å². The van der Waals surface area contributed by atoms with Gasteiger partial charge in [0, 0.05) is 18.2 Å². The molecule has 1 N–H and O–H groups in total. The van der Waals surface area contributed by atoms with Crippen LogP contribution in [-0.4, -0.2) is 26.4 Å². The zero-order valence-electron chi connectivity index (χ0n) is 15.1. The van der Waals surface area contributed by atoms with Crippen molar-refractivity contribution in [2.24, 2.45) is 17.8 Å². The number of aromatic nitrogens is 2. The van der Waals surface area contributed by atoms with Gasteiger partial charge in [0.1, 0.15) is 6.54 Å². The smallest absolute Gasteiger partial charge is 0.270 e. The van der Waals surface area contributed by atoms with Crippen LogP contribution < -0.4 is 10.9 Å². The summed E-state index contributed by atoms with van der Waals surface area (Å²) >= 11 is 0. The van der Waals surface area contributed by atoms with E-state index in [1.807, 2.05) is 6.92 Å².